The maximum atomic E-state index is 6.22. The first-order valence-corrected chi connectivity index (χ1v) is 8.14. The molecule has 2 aliphatic carbocycles. The first-order chi connectivity index (χ1) is 8.78. The zero-order chi connectivity index (χ0) is 12.6. The Morgan fingerprint density at radius 2 is 2.39 bits per heavy atom. The highest BCUT2D eigenvalue weighted by Gasteiger charge is 2.52. The lowest BCUT2D eigenvalue weighted by molar-refractivity contribution is 0.0399. The fourth-order valence-corrected chi connectivity index (χ4v) is 5.08. The largest absolute Gasteiger partial charge is 0.329 e. The molecule has 0 aromatic carbocycles. The van der Waals surface area contributed by atoms with E-state index in [1.807, 2.05) is 11.3 Å². The molecule has 100 valence electrons. The lowest BCUT2D eigenvalue weighted by atomic mass is 9.79. The Morgan fingerprint density at radius 1 is 1.50 bits per heavy atom. The average Bonchev–Trinajstić information content (AvgIpc) is 3.11. The molecule has 3 atom stereocenters. The van der Waals surface area contributed by atoms with Crippen LogP contribution in [0.15, 0.2) is 17.5 Å². The highest BCUT2D eigenvalue weighted by Crippen LogP contribution is 2.53. The normalized spacial score (nSPS) is 34.6. The van der Waals surface area contributed by atoms with E-state index < -0.39 is 0 Å². The van der Waals surface area contributed by atoms with Gasteiger partial charge in [0.25, 0.3) is 0 Å². The molecule has 0 amide bonds. The zero-order valence-electron chi connectivity index (χ0n) is 11.3. The van der Waals surface area contributed by atoms with Gasteiger partial charge in [-0.1, -0.05) is 19.4 Å². The fourth-order valence-electron chi connectivity index (χ4n) is 4.36. The van der Waals surface area contributed by atoms with Crippen LogP contribution in [0, 0.1) is 11.8 Å². The monoisotopic (exact) mass is 264 g/mol. The third-order valence-electron chi connectivity index (χ3n) is 5.24. The Bertz CT molecular complexity index is 389. The quantitative estimate of drug-likeness (QED) is 0.885. The molecule has 1 aromatic heterocycles. The summed E-state index contributed by atoms with van der Waals surface area (Å²) in [6.07, 6.45) is 5.62. The highest BCUT2D eigenvalue weighted by atomic mass is 32.1. The minimum Gasteiger partial charge on any atom is -0.329 e. The number of hydrogen-bond donors (Lipinski definition) is 1. The molecular formula is C15H24N2S. The Morgan fingerprint density at radius 3 is 2.89 bits per heavy atom. The Kier molecular flexibility index (Phi) is 3.48. The van der Waals surface area contributed by atoms with Gasteiger partial charge in [0.2, 0.25) is 0 Å². The molecule has 2 aliphatic rings. The molecule has 3 unspecified atom stereocenters. The second-order valence-electron chi connectivity index (χ2n) is 5.98. The van der Waals surface area contributed by atoms with E-state index in [9.17, 15) is 0 Å². The SMILES string of the molecule is CCN(Cc1cccs1)C1(CN)CC2CCC1C2. The molecule has 2 N–H and O–H groups in total. The van der Waals surface area contributed by atoms with Gasteiger partial charge in [0.15, 0.2) is 0 Å². The van der Waals surface area contributed by atoms with Crippen LogP contribution in [0.5, 0.6) is 0 Å². The molecule has 0 aliphatic heterocycles. The van der Waals surface area contributed by atoms with Crippen molar-refractivity contribution in [2.75, 3.05) is 13.1 Å². The van der Waals surface area contributed by atoms with Gasteiger partial charge in [0.05, 0.1) is 0 Å². The van der Waals surface area contributed by atoms with Crippen molar-refractivity contribution in [2.45, 2.75) is 44.7 Å². The summed E-state index contributed by atoms with van der Waals surface area (Å²) in [5, 5.41) is 2.18. The van der Waals surface area contributed by atoms with Crippen LogP contribution in [-0.2, 0) is 6.54 Å². The predicted molar refractivity (Wildman–Crippen MR) is 77.6 cm³/mol. The molecule has 2 nitrogen and oxygen atoms in total. The van der Waals surface area contributed by atoms with Crippen molar-refractivity contribution in [1.29, 1.82) is 0 Å². The van der Waals surface area contributed by atoms with Gasteiger partial charge in [-0.15, -0.1) is 11.3 Å². The summed E-state index contributed by atoms with van der Waals surface area (Å²) in [5.41, 5.74) is 6.53. The summed E-state index contributed by atoms with van der Waals surface area (Å²) in [4.78, 5) is 4.15. The maximum absolute atomic E-state index is 6.22. The number of nitrogens with two attached hydrogens (primary N) is 1. The molecule has 0 saturated heterocycles. The lowest BCUT2D eigenvalue weighted by Gasteiger charge is -2.46. The van der Waals surface area contributed by atoms with Crippen LogP contribution in [0.25, 0.3) is 0 Å². The van der Waals surface area contributed by atoms with Crippen molar-refractivity contribution < 1.29 is 0 Å². The third kappa shape index (κ3) is 1.93. The number of hydrogen-bond acceptors (Lipinski definition) is 3. The smallest absolute Gasteiger partial charge is 0.0366 e. The van der Waals surface area contributed by atoms with Crippen LogP contribution < -0.4 is 5.73 Å². The predicted octanol–water partition coefficient (Wildman–Crippen LogP) is 3.09. The Labute approximate surface area is 114 Å². The molecule has 3 rings (SSSR count). The van der Waals surface area contributed by atoms with Gasteiger partial charge in [-0.3, -0.25) is 4.90 Å². The standard InChI is InChI=1S/C15H24N2S/c1-2-17(10-14-4-3-7-18-14)15(11-16)9-12-5-6-13(15)8-12/h3-4,7,12-13H,2,5-6,8-11,16H2,1H3. The second kappa shape index (κ2) is 4.95. The second-order valence-corrected chi connectivity index (χ2v) is 7.01. The molecule has 2 saturated carbocycles. The van der Waals surface area contributed by atoms with Crippen LogP contribution in [0.3, 0.4) is 0 Å². The average molecular weight is 264 g/mol. The van der Waals surface area contributed by atoms with E-state index >= 15 is 0 Å². The molecule has 18 heavy (non-hydrogen) atoms. The van der Waals surface area contributed by atoms with Gasteiger partial charge in [0.1, 0.15) is 0 Å². The minimum absolute atomic E-state index is 0.307. The highest BCUT2D eigenvalue weighted by molar-refractivity contribution is 7.09. The number of fused-ring (bicyclic) bond motifs is 2. The molecule has 2 bridgehead atoms. The van der Waals surface area contributed by atoms with Gasteiger partial charge >= 0.3 is 0 Å². The number of likely N-dealkylation sites (N-methyl/N-ethyl adjacent to an activating group) is 1. The molecule has 0 radical (unpaired) electrons. The summed E-state index contributed by atoms with van der Waals surface area (Å²) in [6.45, 7) is 5.34. The van der Waals surface area contributed by atoms with Crippen LogP contribution >= 0.6 is 11.3 Å². The first kappa shape index (κ1) is 12.6. The fraction of sp³-hybridized carbons (Fsp3) is 0.733. The molecule has 3 heteroatoms. The van der Waals surface area contributed by atoms with Crippen molar-refractivity contribution in [3.63, 3.8) is 0 Å². The van der Waals surface area contributed by atoms with E-state index in [1.54, 1.807) is 0 Å². The summed E-state index contributed by atoms with van der Waals surface area (Å²) < 4.78 is 0. The topological polar surface area (TPSA) is 29.3 Å². The maximum Gasteiger partial charge on any atom is 0.0366 e. The first-order valence-electron chi connectivity index (χ1n) is 7.26. The van der Waals surface area contributed by atoms with Gasteiger partial charge in [0, 0.05) is 23.5 Å². The van der Waals surface area contributed by atoms with E-state index in [1.165, 1.54) is 30.6 Å². The molecule has 1 heterocycles. The van der Waals surface area contributed by atoms with Crippen LogP contribution in [0.4, 0.5) is 0 Å². The van der Waals surface area contributed by atoms with Gasteiger partial charge in [-0.25, -0.2) is 0 Å². The van der Waals surface area contributed by atoms with E-state index in [2.05, 4.69) is 29.3 Å². The van der Waals surface area contributed by atoms with E-state index in [-0.39, 0.29) is 0 Å². The third-order valence-corrected chi connectivity index (χ3v) is 6.10. The molecule has 2 fully saturated rings. The number of thiophene rings is 1. The number of nitrogens with zero attached hydrogens (tertiary/aromatic N) is 1. The minimum atomic E-state index is 0.307. The summed E-state index contributed by atoms with van der Waals surface area (Å²) in [5.74, 6) is 1.81. The van der Waals surface area contributed by atoms with Crippen LogP contribution in [0.2, 0.25) is 0 Å². The van der Waals surface area contributed by atoms with Gasteiger partial charge in [-0.2, -0.15) is 0 Å². The summed E-state index contributed by atoms with van der Waals surface area (Å²) >= 11 is 1.87. The Hall–Kier alpha value is -0.380. The van der Waals surface area contributed by atoms with Crippen molar-refractivity contribution in [1.82, 2.24) is 4.90 Å². The molecule has 0 spiro atoms. The van der Waals surface area contributed by atoms with Crippen LogP contribution in [-0.4, -0.2) is 23.5 Å². The van der Waals surface area contributed by atoms with Crippen molar-refractivity contribution >= 4 is 11.3 Å². The van der Waals surface area contributed by atoms with Crippen molar-refractivity contribution in [2.24, 2.45) is 17.6 Å². The lowest BCUT2D eigenvalue weighted by Crippen LogP contribution is -2.56. The van der Waals surface area contributed by atoms with E-state index in [4.69, 9.17) is 5.73 Å². The van der Waals surface area contributed by atoms with Crippen molar-refractivity contribution in [3.8, 4) is 0 Å². The Balaban J connectivity index is 1.81. The van der Waals surface area contributed by atoms with Crippen LogP contribution in [0.1, 0.15) is 37.5 Å². The van der Waals surface area contributed by atoms with E-state index in [0.717, 1.165) is 31.5 Å². The summed E-state index contributed by atoms with van der Waals surface area (Å²) in [6, 6.07) is 4.41. The molecular weight excluding hydrogens is 240 g/mol. The summed E-state index contributed by atoms with van der Waals surface area (Å²) in [7, 11) is 0. The van der Waals surface area contributed by atoms with Crippen molar-refractivity contribution in [3.05, 3.63) is 22.4 Å². The van der Waals surface area contributed by atoms with E-state index in [0.29, 0.717) is 5.54 Å². The molecule has 1 aromatic rings. The zero-order valence-corrected chi connectivity index (χ0v) is 12.1. The van der Waals surface area contributed by atoms with Gasteiger partial charge in [-0.05, 0) is 49.1 Å². The van der Waals surface area contributed by atoms with Gasteiger partial charge < -0.3 is 5.73 Å². The number of rotatable bonds is 5.